The van der Waals surface area contributed by atoms with Crippen LogP contribution in [-0.2, 0) is 14.3 Å². The van der Waals surface area contributed by atoms with E-state index in [0.717, 1.165) is 6.08 Å². The lowest BCUT2D eigenvalue weighted by molar-refractivity contribution is -0.142. The smallest absolute Gasteiger partial charge is 0.331 e. The summed E-state index contributed by atoms with van der Waals surface area (Å²) in [5.41, 5.74) is 0.00484. The van der Waals surface area contributed by atoms with E-state index in [9.17, 15) is 14.0 Å². The summed E-state index contributed by atoms with van der Waals surface area (Å²) in [4.78, 5) is 23.1. The molecule has 2 rings (SSSR count). The van der Waals surface area contributed by atoms with Gasteiger partial charge in [0.15, 0.2) is 11.3 Å². The molecule has 0 radical (unpaired) electrons. The molecule has 0 aliphatic carbocycles. The fraction of sp³-hybridized carbons (Fsp3) is 0.0667. The van der Waals surface area contributed by atoms with Gasteiger partial charge >= 0.3 is 5.97 Å². The van der Waals surface area contributed by atoms with Gasteiger partial charge < -0.3 is 14.5 Å². The summed E-state index contributed by atoms with van der Waals surface area (Å²) in [7, 11) is 0. The van der Waals surface area contributed by atoms with Crippen molar-refractivity contribution < 1.29 is 23.1 Å². The SMILES string of the molecule is O=C(COC(=O)C=Cc1ccc(Br)o1)Nc1ccc(Br)cc1F. The first-order valence-electron chi connectivity index (χ1n) is 6.29. The topological polar surface area (TPSA) is 68.5 Å². The van der Waals surface area contributed by atoms with Gasteiger partial charge in [0.1, 0.15) is 11.6 Å². The maximum absolute atomic E-state index is 13.5. The third-order valence-electron chi connectivity index (χ3n) is 2.53. The first-order valence-corrected chi connectivity index (χ1v) is 7.88. The standard InChI is InChI=1S/C15H10Br2FNO4/c16-9-1-4-12(11(18)7-9)19-14(20)8-22-15(21)6-3-10-2-5-13(17)23-10/h1-7H,8H2,(H,19,20). The normalized spacial score (nSPS) is 10.7. The molecule has 1 heterocycles. The van der Waals surface area contributed by atoms with Crippen LogP contribution in [0.15, 0.2) is 50.0 Å². The van der Waals surface area contributed by atoms with Gasteiger partial charge in [-0.1, -0.05) is 15.9 Å². The molecule has 1 aromatic carbocycles. The molecule has 1 amide bonds. The van der Waals surface area contributed by atoms with Crippen molar-refractivity contribution >= 4 is 55.5 Å². The zero-order chi connectivity index (χ0) is 16.8. The molecule has 1 N–H and O–H groups in total. The summed E-state index contributed by atoms with van der Waals surface area (Å²) in [5.74, 6) is -1.50. The van der Waals surface area contributed by atoms with Crippen LogP contribution in [0.2, 0.25) is 0 Å². The molecule has 0 fully saturated rings. The Labute approximate surface area is 147 Å². The molecule has 8 heteroatoms. The molecular formula is C15H10Br2FNO4. The molecular weight excluding hydrogens is 437 g/mol. The van der Waals surface area contributed by atoms with E-state index in [1.165, 1.54) is 18.2 Å². The van der Waals surface area contributed by atoms with Gasteiger partial charge in [-0.15, -0.1) is 0 Å². The molecule has 0 unspecified atom stereocenters. The number of nitrogens with one attached hydrogen (secondary N) is 1. The molecule has 2 aromatic rings. The van der Waals surface area contributed by atoms with Crippen LogP contribution in [0, 0.1) is 5.82 Å². The molecule has 0 atom stereocenters. The van der Waals surface area contributed by atoms with Crippen LogP contribution >= 0.6 is 31.9 Å². The van der Waals surface area contributed by atoms with Crippen molar-refractivity contribution in [3.63, 3.8) is 0 Å². The van der Waals surface area contributed by atoms with E-state index < -0.39 is 24.3 Å². The van der Waals surface area contributed by atoms with Crippen molar-refractivity contribution in [3.05, 3.63) is 57.1 Å². The largest absolute Gasteiger partial charge is 0.452 e. The quantitative estimate of drug-likeness (QED) is 0.553. The Morgan fingerprint density at radius 1 is 1.26 bits per heavy atom. The van der Waals surface area contributed by atoms with Gasteiger partial charge in [-0.3, -0.25) is 4.79 Å². The number of ether oxygens (including phenoxy) is 1. The van der Waals surface area contributed by atoms with Gasteiger partial charge in [-0.2, -0.15) is 0 Å². The van der Waals surface area contributed by atoms with Gasteiger partial charge in [-0.25, -0.2) is 9.18 Å². The van der Waals surface area contributed by atoms with Crippen LogP contribution in [0.4, 0.5) is 10.1 Å². The summed E-state index contributed by atoms with van der Waals surface area (Å²) >= 11 is 6.24. The average Bonchev–Trinajstić information content (AvgIpc) is 2.91. The Balaban J connectivity index is 1.81. The van der Waals surface area contributed by atoms with E-state index in [0.29, 0.717) is 14.9 Å². The third kappa shape index (κ3) is 5.65. The van der Waals surface area contributed by atoms with Crippen LogP contribution in [0.25, 0.3) is 6.08 Å². The van der Waals surface area contributed by atoms with E-state index in [2.05, 4.69) is 37.2 Å². The minimum atomic E-state index is -0.719. The molecule has 0 spiro atoms. The van der Waals surface area contributed by atoms with Gasteiger partial charge in [0, 0.05) is 10.5 Å². The first kappa shape index (κ1) is 17.4. The van der Waals surface area contributed by atoms with E-state index in [1.54, 1.807) is 18.2 Å². The minimum absolute atomic E-state index is 0.00484. The summed E-state index contributed by atoms with van der Waals surface area (Å²) in [5, 5.41) is 2.31. The van der Waals surface area contributed by atoms with E-state index >= 15 is 0 Å². The zero-order valence-electron chi connectivity index (χ0n) is 11.5. The fourth-order valence-corrected chi connectivity index (χ4v) is 2.18. The number of halogens is 3. The number of carbonyl (C=O) groups is 2. The zero-order valence-corrected chi connectivity index (χ0v) is 14.7. The number of rotatable bonds is 5. The number of benzene rings is 1. The van der Waals surface area contributed by atoms with Crippen LogP contribution in [-0.4, -0.2) is 18.5 Å². The minimum Gasteiger partial charge on any atom is -0.452 e. The van der Waals surface area contributed by atoms with Crippen molar-refractivity contribution in [1.82, 2.24) is 0 Å². The Morgan fingerprint density at radius 3 is 2.70 bits per heavy atom. The van der Waals surface area contributed by atoms with Crippen LogP contribution in [0.1, 0.15) is 5.76 Å². The van der Waals surface area contributed by atoms with E-state index in [4.69, 9.17) is 9.15 Å². The number of carbonyl (C=O) groups excluding carboxylic acids is 2. The Kier molecular flexibility index (Phi) is 6.12. The van der Waals surface area contributed by atoms with E-state index in [1.807, 2.05) is 0 Å². The fourth-order valence-electron chi connectivity index (χ4n) is 1.53. The molecule has 23 heavy (non-hydrogen) atoms. The molecule has 0 bridgehead atoms. The maximum Gasteiger partial charge on any atom is 0.331 e. The maximum atomic E-state index is 13.5. The predicted molar refractivity (Wildman–Crippen MR) is 89.1 cm³/mol. The van der Waals surface area contributed by atoms with Crippen molar-refractivity contribution in [2.24, 2.45) is 0 Å². The Bertz CT molecular complexity index is 758. The first-order chi connectivity index (χ1) is 10.9. The number of furan rings is 1. The van der Waals surface area contributed by atoms with Crippen LogP contribution < -0.4 is 5.32 Å². The van der Waals surface area contributed by atoms with E-state index in [-0.39, 0.29) is 5.69 Å². The second kappa shape index (κ2) is 8.07. The van der Waals surface area contributed by atoms with Crippen molar-refractivity contribution in [2.45, 2.75) is 0 Å². The highest BCUT2D eigenvalue weighted by Crippen LogP contribution is 2.19. The lowest BCUT2D eigenvalue weighted by atomic mass is 10.3. The summed E-state index contributed by atoms with van der Waals surface area (Å²) in [6, 6.07) is 7.51. The molecule has 1 aromatic heterocycles. The second-order valence-electron chi connectivity index (χ2n) is 4.26. The monoisotopic (exact) mass is 445 g/mol. The van der Waals surface area contributed by atoms with Gasteiger partial charge in [0.2, 0.25) is 0 Å². The highest BCUT2D eigenvalue weighted by molar-refractivity contribution is 9.10. The number of hydrogen-bond acceptors (Lipinski definition) is 4. The summed E-state index contributed by atoms with van der Waals surface area (Å²) < 4.78 is 24.5. The lowest BCUT2D eigenvalue weighted by Crippen LogP contribution is -2.20. The highest BCUT2D eigenvalue weighted by atomic mass is 79.9. The lowest BCUT2D eigenvalue weighted by Gasteiger charge is -2.06. The predicted octanol–water partition coefficient (Wildman–Crippen LogP) is 4.14. The van der Waals surface area contributed by atoms with Gasteiger partial charge in [-0.05, 0) is 52.3 Å². The van der Waals surface area contributed by atoms with Crippen LogP contribution in [0.3, 0.4) is 0 Å². The molecule has 0 aliphatic heterocycles. The summed E-state index contributed by atoms with van der Waals surface area (Å²) in [6.45, 7) is -0.527. The number of hydrogen-bond donors (Lipinski definition) is 1. The molecule has 0 saturated carbocycles. The molecule has 120 valence electrons. The number of amides is 1. The number of esters is 1. The second-order valence-corrected chi connectivity index (χ2v) is 5.95. The summed E-state index contributed by atoms with van der Waals surface area (Å²) in [6.07, 6.45) is 2.53. The highest BCUT2D eigenvalue weighted by Gasteiger charge is 2.09. The number of anilines is 1. The van der Waals surface area contributed by atoms with Crippen molar-refractivity contribution in [1.29, 1.82) is 0 Å². The van der Waals surface area contributed by atoms with Crippen molar-refractivity contribution in [3.8, 4) is 0 Å². The van der Waals surface area contributed by atoms with Gasteiger partial charge in [0.25, 0.3) is 5.91 Å². The van der Waals surface area contributed by atoms with Crippen LogP contribution in [0.5, 0.6) is 0 Å². The third-order valence-corrected chi connectivity index (χ3v) is 3.45. The van der Waals surface area contributed by atoms with Gasteiger partial charge in [0.05, 0.1) is 5.69 Å². The molecule has 0 aliphatic rings. The Hall–Kier alpha value is -1.93. The molecule has 0 saturated heterocycles. The average molecular weight is 447 g/mol. The van der Waals surface area contributed by atoms with Crippen molar-refractivity contribution in [2.75, 3.05) is 11.9 Å². The Morgan fingerprint density at radius 2 is 2.04 bits per heavy atom. The molecule has 5 nitrogen and oxygen atoms in total.